The first-order valence-corrected chi connectivity index (χ1v) is 7.51. The van der Waals surface area contributed by atoms with E-state index in [1.54, 1.807) is 4.68 Å². The third-order valence-corrected chi connectivity index (χ3v) is 4.52. The van der Waals surface area contributed by atoms with Crippen molar-refractivity contribution in [1.82, 2.24) is 15.1 Å². The number of fused-ring (bicyclic) bond motifs is 1. The number of nitrogens with zero attached hydrogens (tertiary/aromatic N) is 2. The maximum Gasteiger partial charge on any atom is 0.225 e. The molecule has 0 saturated carbocycles. The molecule has 22 heavy (non-hydrogen) atoms. The molecule has 1 heterocycles. The fourth-order valence-corrected chi connectivity index (χ4v) is 3.21. The first-order valence-electron chi connectivity index (χ1n) is 7.51. The lowest BCUT2D eigenvalue weighted by atomic mass is 10.1. The summed E-state index contributed by atoms with van der Waals surface area (Å²) in [5, 5.41) is 17.5. The summed E-state index contributed by atoms with van der Waals surface area (Å²) >= 11 is 0. The summed E-state index contributed by atoms with van der Waals surface area (Å²) < 4.78 is 1.79. The average Bonchev–Trinajstić information content (AvgIpc) is 2.91. The number of carbonyl (C=O) groups is 1. The van der Waals surface area contributed by atoms with E-state index in [0.29, 0.717) is 6.42 Å². The van der Waals surface area contributed by atoms with Crippen molar-refractivity contribution in [3.8, 4) is 0 Å². The summed E-state index contributed by atoms with van der Waals surface area (Å²) in [4.78, 5) is 12.4. The maximum absolute atomic E-state index is 12.4. The van der Waals surface area contributed by atoms with Crippen LogP contribution in [0.1, 0.15) is 34.1 Å². The number of hydrogen-bond donors (Lipinski definition) is 2. The molecule has 1 aromatic heterocycles. The number of carbonyl (C=O) groups excluding carboxylic acids is 1. The molecule has 0 radical (unpaired) electrons. The van der Waals surface area contributed by atoms with Crippen LogP contribution in [-0.2, 0) is 24.7 Å². The highest BCUT2D eigenvalue weighted by molar-refractivity contribution is 5.79. The van der Waals surface area contributed by atoms with Gasteiger partial charge in [-0.2, -0.15) is 5.10 Å². The molecular weight excluding hydrogens is 278 g/mol. The van der Waals surface area contributed by atoms with Crippen LogP contribution < -0.4 is 5.32 Å². The number of aryl methyl sites for hydroxylation is 2. The van der Waals surface area contributed by atoms with E-state index < -0.39 is 6.10 Å². The zero-order valence-corrected chi connectivity index (χ0v) is 13.1. The standard InChI is InChI=1S/C17H21N3O2/c1-10-14(11(2)20(3)19-10)9-16(22)18-17-13-7-5-4-6-12(13)8-15(17)21/h4-7,15,17,21H,8-9H2,1-3H3,(H,18,22). The first-order chi connectivity index (χ1) is 10.5. The summed E-state index contributed by atoms with van der Waals surface area (Å²) in [5.41, 5.74) is 4.96. The number of hydrogen-bond acceptors (Lipinski definition) is 3. The van der Waals surface area contributed by atoms with Crippen LogP contribution in [0.4, 0.5) is 0 Å². The molecule has 5 heteroatoms. The predicted molar refractivity (Wildman–Crippen MR) is 83.4 cm³/mol. The van der Waals surface area contributed by atoms with Crippen molar-refractivity contribution in [1.29, 1.82) is 0 Å². The van der Waals surface area contributed by atoms with Crippen molar-refractivity contribution < 1.29 is 9.90 Å². The van der Waals surface area contributed by atoms with Crippen molar-refractivity contribution in [2.75, 3.05) is 0 Å². The number of aliphatic hydroxyl groups excluding tert-OH is 1. The quantitative estimate of drug-likeness (QED) is 0.899. The number of aliphatic hydroxyl groups is 1. The molecule has 0 aliphatic heterocycles. The Morgan fingerprint density at radius 2 is 2.14 bits per heavy atom. The number of nitrogens with one attached hydrogen (secondary N) is 1. The van der Waals surface area contributed by atoms with Gasteiger partial charge >= 0.3 is 0 Å². The predicted octanol–water partition coefficient (Wildman–Crippen LogP) is 1.35. The minimum absolute atomic E-state index is 0.0834. The number of amides is 1. The van der Waals surface area contributed by atoms with Gasteiger partial charge in [0.2, 0.25) is 5.91 Å². The van der Waals surface area contributed by atoms with Gasteiger partial charge in [-0.1, -0.05) is 24.3 Å². The lowest BCUT2D eigenvalue weighted by molar-refractivity contribution is -0.122. The Morgan fingerprint density at radius 3 is 2.82 bits per heavy atom. The maximum atomic E-state index is 12.4. The fraction of sp³-hybridized carbons (Fsp3) is 0.412. The normalized spacial score (nSPS) is 20.0. The summed E-state index contributed by atoms with van der Waals surface area (Å²) in [6.45, 7) is 3.87. The third-order valence-electron chi connectivity index (χ3n) is 4.52. The molecule has 3 rings (SSSR count). The van der Waals surface area contributed by atoms with Crippen molar-refractivity contribution in [3.63, 3.8) is 0 Å². The second-order valence-electron chi connectivity index (χ2n) is 5.97. The van der Waals surface area contributed by atoms with Gasteiger partial charge in [-0.3, -0.25) is 9.48 Å². The molecule has 0 fully saturated rings. The second-order valence-corrected chi connectivity index (χ2v) is 5.97. The molecule has 0 spiro atoms. The molecule has 5 nitrogen and oxygen atoms in total. The monoisotopic (exact) mass is 299 g/mol. The van der Waals surface area contributed by atoms with Crippen LogP contribution in [0.3, 0.4) is 0 Å². The highest BCUT2D eigenvalue weighted by atomic mass is 16.3. The van der Waals surface area contributed by atoms with E-state index in [1.807, 2.05) is 45.2 Å². The number of benzene rings is 1. The van der Waals surface area contributed by atoms with Crippen LogP contribution >= 0.6 is 0 Å². The van der Waals surface area contributed by atoms with Gasteiger partial charge in [-0.05, 0) is 25.0 Å². The fourth-order valence-electron chi connectivity index (χ4n) is 3.21. The molecule has 1 aliphatic rings. The summed E-state index contributed by atoms with van der Waals surface area (Å²) in [6, 6.07) is 7.54. The molecule has 1 aromatic carbocycles. The molecule has 1 amide bonds. The Hall–Kier alpha value is -2.14. The summed E-state index contributed by atoms with van der Waals surface area (Å²) in [7, 11) is 1.88. The van der Waals surface area contributed by atoms with Crippen molar-refractivity contribution in [2.24, 2.45) is 7.05 Å². The lowest BCUT2D eigenvalue weighted by Gasteiger charge is -2.18. The van der Waals surface area contributed by atoms with Crippen LogP contribution in [0.15, 0.2) is 24.3 Å². The molecule has 0 saturated heterocycles. The molecule has 2 unspecified atom stereocenters. The zero-order valence-electron chi connectivity index (χ0n) is 13.1. The Balaban J connectivity index is 1.75. The van der Waals surface area contributed by atoms with Gasteiger partial charge < -0.3 is 10.4 Å². The Labute approximate surface area is 130 Å². The molecule has 2 atom stereocenters. The Kier molecular flexibility index (Phi) is 3.74. The van der Waals surface area contributed by atoms with Gasteiger partial charge in [0.05, 0.1) is 24.3 Å². The van der Waals surface area contributed by atoms with Gasteiger partial charge in [0.15, 0.2) is 0 Å². The van der Waals surface area contributed by atoms with Crippen LogP contribution in [0.2, 0.25) is 0 Å². The van der Waals surface area contributed by atoms with E-state index in [9.17, 15) is 9.90 Å². The van der Waals surface area contributed by atoms with E-state index in [1.165, 1.54) is 0 Å². The van der Waals surface area contributed by atoms with Crippen LogP contribution in [0.5, 0.6) is 0 Å². The molecular formula is C17H21N3O2. The topological polar surface area (TPSA) is 67.2 Å². The smallest absolute Gasteiger partial charge is 0.225 e. The highest BCUT2D eigenvalue weighted by Crippen LogP contribution is 2.31. The highest BCUT2D eigenvalue weighted by Gasteiger charge is 2.32. The molecule has 2 aromatic rings. The zero-order chi connectivity index (χ0) is 15.9. The van der Waals surface area contributed by atoms with Gasteiger partial charge in [0.1, 0.15) is 0 Å². The Morgan fingerprint density at radius 1 is 1.41 bits per heavy atom. The SMILES string of the molecule is Cc1nn(C)c(C)c1CC(=O)NC1c2ccccc2CC1O. The van der Waals surface area contributed by atoms with E-state index in [4.69, 9.17) is 0 Å². The second kappa shape index (κ2) is 5.57. The minimum Gasteiger partial charge on any atom is -0.390 e. The largest absolute Gasteiger partial charge is 0.390 e. The number of rotatable bonds is 3. The van der Waals surface area contributed by atoms with Crippen molar-refractivity contribution in [2.45, 2.75) is 38.8 Å². The summed E-state index contributed by atoms with van der Waals surface area (Å²) in [5.74, 6) is -0.0834. The molecule has 0 bridgehead atoms. The summed E-state index contributed by atoms with van der Waals surface area (Å²) in [6.07, 6.45) is 0.320. The third kappa shape index (κ3) is 2.52. The van der Waals surface area contributed by atoms with Crippen LogP contribution in [-0.4, -0.2) is 26.9 Å². The van der Waals surface area contributed by atoms with Gasteiger partial charge in [-0.25, -0.2) is 0 Å². The van der Waals surface area contributed by atoms with E-state index in [-0.39, 0.29) is 18.4 Å². The van der Waals surface area contributed by atoms with E-state index in [2.05, 4.69) is 10.4 Å². The van der Waals surface area contributed by atoms with Gasteiger partial charge in [-0.15, -0.1) is 0 Å². The average molecular weight is 299 g/mol. The van der Waals surface area contributed by atoms with Crippen molar-refractivity contribution in [3.05, 3.63) is 52.3 Å². The van der Waals surface area contributed by atoms with E-state index >= 15 is 0 Å². The van der Waals surface area contributed by atoms with Gasteiger partial charge in [0.25, 0.3) is 0 Å². The molecule has 2 N–H and O–H groups in total. The van der Waals surface area contributed by atoms with E-state index in [0.717, 1.165) is 28.1 Å². The molecule has 116 valence electrons. The Bertz CT molecular complexity index is 721. The van der Waals surface area contributed by atoms with Gasteiger partial charge in [0, 0.05) is 24.7 Å². The van der Waals surface area contributed by atoms with Crippen molar-refractivity contribution >= 4 is 5.91 Å². The minimum atomic E-state index is -0.558. The first kappa shape index (κ1) is 14.8. The molecule has 1 aliphatic carbocycles. The lowest BCUT2D eigenvalue weighted by Crippen LogP contribution is -2.35. The van der Waals surface area contributed by atoms with Crippen LogP contribution in [0.25, 0.3) is 0 Å². The van der Waals surface area contributed by atoms with Crippen LogP contribution in [0, 0.1) is 13.8 Å². The number of aromatic nitrogens is 2.